The van der Waals surface area contributed by atoms with Crippen LogP contribution in [0.3, 0.4) is 0 Å². The monoisotopic (exact) mass is 440 g/mol. The van der Waals surface area contributed by atoms with Crippen molar-refractivity contribution in [3.63, 3.8) is 0 Å². The molecule has 1 aliphatic heterocycles. The summed E-state index contributed by atoms with van der Waals surface area (Å²) in [5.74, 6) is 0.909. The maximum atomic E-state index is 12.0. The standard InChI is InChI=1S/C13H20N4O.C5H8F2.CHF3O/c1-3-5-11-8-12(15-9-14-11)16-10(2)13(18)17-6-4-7-17;1-3-2-4(3)5(6)7;2-1(3,4)5/h8-10H,3-7H2,1-2H3,(H,14,15,16);3-5H,2H2,1H3;5H/t10-;;/m1../s1. The van der Waals surface area contributed by atoms with Gasteiger partial charge in [0, 0.05) is 30.8 Å². The molecule has 2 heterocycles. The second-order valence-electron chi connectivity index (χ2n) is 7.37. The Balaban J connectivity index is 0.000000307. The first-order chi connectivity index (χ1) is 13.9. The lowest BCUT2D eigenvalue weighted by Crippen LogP contribution is -2.48. The first-order valence-electron chi connectivity index (χ1n) is 9.85. The van der Waals surface area contributed by atoms with Crippen LogP contribution in [0.2, 0.25) is 0 Å². The van der Waals surface area contributed by atoms with Crippen LogP contribution in [0.4, 0.5) is 27.8 Å². The predicted octanol–water partition coefficient (Wildman–Crippen LogP) is 3.87. The average Bonchev–Trinajstić information content (AvgIpc) is 3.30. The topological polar surface area (TPSA) is 78.4 Å². The lowest BCUT2D eigenvalue weighted by Gasteiger charge is -2.33. The molecule has 1 aliphatic carbocycles. The van der Waals surface area contributed by atoms with E-state index >= 15 is 0 Å². The Bertz CT molecular complexity index is 650. The minimum Gasteiger partial charge on any atom is -0.359 e. The highest BCUT2D eigenvalue weighted by Gasteiger charge is 2.40. The zero-order chi connectivity index (χ0) is 22.9. The number of halogens is 5. The van der Waals surface area contributed by atoms with Gasteiger partial charge in [0.2, 0.25) is 12.3 Å². The summed E-state index contributed by atoms with van der Waals surface area (Å²) in [6.45, 7) is 7.62. The molecule has 1 amide bonds. The molecule has 1 aromatic heterocycles. The normalized spacial score (nSPS) is 20.8. The molecule has 172 valence electrons. The molecule has 3 rings (SSSR count). The number of likely N-dealkylation sites (tertiary alicyclic amines) is 1. The molecule has 2 fully saturated rings. The van der Waals surface area contributed by atoms with Crippen molar-refractivity contribution in [2.75, 3.05) is 18.4 Å². The molecule has 1 aromatic rings. The summed E-state index contributed by atoms with van der Waals surface area (Å²) >= 11 is 0. The van der Waals surface area contributed by atoms with Crippen molar-refractivity contribution in [1.29, 1.82) is 0 Å². The molecule has 1 saturated carbocycles. The molecule has 11 heteroatoms. The summed E-state index contributed by atoms with van der Waals surface area (Å²) < 4.78 is 52.7. The van der Waals surface area contributed by atoms with Crippen LogP contribution in [0.25, 0.3) is 0 Å². The Hall–Kier alpha value is -2.04. The number of aryl methyl sites for hydroxylation is 1. The van der Waals surface area contributed by atoms with Gasteiger partial charge in [-0.05, 0) is 32.1 Å². The maximum Gasteiger partial charge on any atom is 0.519 e. The van der Waals surface area contributed by atoms with Gasteiger partial charge in [-0.15, -0.1) is 13.2 Å². The fraction of sp³-hybridized carbons (Fsp3) is 0.737. The highest BCUT2D eigenvalue weighted by Crippen LogP contribution is 2.42. The summed E-state index contributed by atoms with van der Waals surface area (Å²) in [4.78, 5) is 22.2. The molecule has 0 bridgehead atoms. The van der Waals surface area contributed by atoms with Gasteiger partial charge < -0.3 is 15.3 Å². The number of rotatable bonds is 6. The van der Waals surface area contributed by atoms with Crippen molar-refractivity contribution < 1.29 is 31.9 Å². The molecule has 2 N–H and O–H groups in total. The van der Waals surface area contributed by atoms with Crippen molar-refractivity contribution in [2.24, 2.45) is 11.8 Å². The van der Waals surface area contributed by atoms with Gasteiger partial charge in [0.15, 0.2) is 0 Å². The van der Waals surface area contributed by atoms with Gasteiger partial charge in [0.25, 0.3) is 0 Å². The number of hydrogen-bond donors (Lipinski definition) is 2. The van der Waals surface area contributed by atoms with Crippen LogP contribution < -0.4 is 5.32 Å². The summed E-state index contributed by atoms with van der Waals surface area (Å²) in [6.07, 6.45) is -1.67. The molecule has 3 atom stereocenters. The quantitative estimate of drug-likeness (QED) is 0.657. The van der Waals surface area contributed by atoms with Gasteiger partial charge in [-0.1, -0.05) is 20.3 Å². The average molecular weight is 440 g/mol. The highest BCUT2D eigenvalue weighted by atomic mass is 19.4. The molecule has 0 spiro atoms. The summed E-state index contributed by atoms with van der Waals surface area (Å²) in [7, 11) is 0. The fourth-order valence-corrected chi connectivity index (χ4v) is 2.67. The molecule has 0 radical (unpaired) electrons. The Kier molecular flexibility index (Phi) is 10.4. The molecule has 30 heavy (non-hydrogen) atoms. The van der Waals surface area contributed by atoms with Gasteiger partial charge in [-0.3, -0.25) is 4.79 Å². The number of carbonyl (C=O) groups excluding carboxylic acids is 1. The number of hydrogen-bond acceptors (Lipinski definition) is 5. The summed E-state index contributed by atoms with van der Waals surface area (Å²) in [5.41, 5.74) is 1.01. The van der Waals surface area contributed by atoms with Crippen molar-refractivity contribution in [2.45, 2.75) is 65.3 Å². The zero-order valence-electron chi connectivity index (χ0n) is 17.3. The fourth-order valence-electron chi connectivity index (χ4n) is 2.67. The number of nitrogens with zero attached hydrogens (tertiary/aromatic N) is 3. The van der Waals surface area contributed by atoms with Crippen molar-refractivity contribution in [1.82, 2.24) is 14.9 Å². The van der Waals surface area contributed by atoms with Gasteiger partial charge >= 0.3 is 6.36 Å². The number of carbonyl (C=O) groups is 1. The van der Waals surface area contributed by atoms with E-state index in [1.807, 2.05) is 24.8 Å². The number of anilines is 1. The van der Waals surface area contributed by atoms with Crippen LogP contribution in [-0.4, -0.2) is 57.8 Å². The highest BCUT2D eigenvalue weighted by molar-refractivity contribution is 5.84. The second-order valence-corrected chi connectivity index (χ2v) is 7.37. The van der Waals surface area contributed by atoms with Gasteiger partial charge in [0.05, 0.1) is 0 Å². The van der Waals surface area contributed by atoms with Crippen LogP contribution in [-0.2, 0) is 11.2 Å². The summed E-state index contributed by atoms with van der Waals surface area (Å²) in [6, 6.07) is 1.69. The number of alkyl halides is 5. The van der Waals surface area contributed by atoms with Crippen molar-refractivity contribution in [3.05, 3.63) is 18.1 Å². The molecular formula is C19H29F5N4O2. The number of aromatic nitrogens is 2. The van der Waals surface area contributed by atoms with Gasteiger partial charge in [-0.25, -0.2) is 18.7 Å². The molecule has 6 nitrogen and oxygen atoms in total. The van der Waals surface area contributed by atoms with Crippen molar-refractivity contribution in [3.8, 4) is 0 Å². The second kappa shape index (κ2) is 12.0. The SMILES string of the molecule is CC1CC1C(F)F.CCCc1cc(N[C@H](C)C(=O)N2CCC2)ncn1.OC(F)(F)F. The van der Waals surface area contributed by atoms with Crippen molar-refractivity contribution >= 4 is 11.7 Å². The van der Waals surface area contributed by atoms with Crippen LogP contribution in [0, 0.1) is 11.8 Å². The van der Waals surface area contributed by atoms with E-state index in [0.29, 0.717) is 5.92 Å². The van der Waals surface area contributed by atoms with E-state index in [4.69, 9.17) is 5.11 Å². The third-order valence-electron chi connectivity index (χ3n) is 4.63. The van der Waals surface area contributed by atoms with Crippen LogP contribution in [0.5, 0.6) is 0 Å². The predicted molar refractivity (Wildman–Crippen MR) is 102 cm³/mol. The van der Waals surface area contributed by atoms with E-state index < -0.39 is 12.8 Å². The molecule has 0 aromatic carbocycles. The smallest absolute Gasteiger partial charge is 0.359 e. The van der Waals surface area contributed by atoms with E-state index in [1.54, 1.807) is 6.33 Å². The molecule has 2 unspecified atom stereocenters. The van der Waals surface area contributed by atoms with E-state index in [2.05, 4.69) is 22.2 Å². The largest absolute Gasteiger partial charge is 0.519 e. The lowest BCUT2D eigenvalue weighted by molar-refractivity contribution is -0.295. The number of aliphatic hydroxyl groups is 1. The molecule has 2 aliphatic rings. The van der Waals surface area contributed by atoms with E-state index in [-0.39, 0.29) is 17.9 Å². The Morgan fingerprint density at radius 3 is 2.27 bits per heavy atom. The van der Waals surface area contributed by atoms with Crippen LogP contribution in [0.15, 0.2) is 12.4 Å². The maximum absolute atomic E-state index is 12.0. The molecular weight excluding hydrogens is 411 g/mol. The minimum atomic E-state index is -5.00. The third-order valence-corrected chi connectivity index (χ3v) is 4.63. The van der Waals surface area contributed by atoms with E-state index in [9.17, 15) is 26.7 Å². The Morgan fingerprint density at radius 2 is 1.90 bits per heavy atom. The number of nitrogens with one attached hydrogen (secondary N) is 1. The van der Waals surface area contributed by atoms with E-state index in [1.165, 1.54) is 0 Å². The Morgan fingerprint density at radius 1 is 1.33 bits per heavy atom. The minimum absolute atomic E-state index is 0.150. The number of amides is 1. The zero-order valence-corrected chi connectivity index (χ0v) is 17.3. The van der Waals surface area contributed by atoms with Gasteiger partial charge in [-0.2, -0.15) is 0 Å². The first kappa shape index (κ1) is 26.0. The third kappa shape index (κ3) is 10.7. The first-order valence-corrected chi connectivity index (χ1v) is 9.85. The summed E-state index contributed by atoms with van der Waals surface area (Å²) in [5, 5.41) is 9.67. The van der Waals surface area contributed by atoms with Crippen LogP contribution >= 0.6 is 0 Å². The Labute approximate surface area is 172 Å². The van der Waals surface area contributed by atoms with Crippen LogP contribution in [0.1, 0.15) is 45.7 Å². The van der Waals surface area contributed by atoms with Gasteiger partial charge in [0.1, 0.15) is 18.2 Å². The lowest BCUT2D eigenvalue weighted by atomic mass is 10.1. The van der Waals surface area contributed by atoms with E-state index in [0.717, 1.165) is 50.3 Å². The molecule has 1 saturated heterocycles.